The number of fused-ring (bicyclic) bond motifs is 7. The van der Waals surface area contributed by atoms with E-state index >= 15 is 0 Å². The predicted octanol–water partition coefficient (Wildman–Crippen LogP) is 8.33. The van der Waals surface area contributed by atoms with Gasteiger partial charge in [0.05, 0.1) is 24.5 Å². The zero-order chi connectivity index (χ0) is 40.5. The molecule has 304 valence electrons. The number of rotatable bonds is 12. The van der Waals surface area contributed by atoms with Crippen molar-refractivity contribution in [2.75, 3.05) is 13.1 Å². The molecule has 0 bridgehead atoms. The maximum atomic E-state index is 14.2. The van der Waals surface area contributed by atoms with E-state index in [1.165, 1.54) is 5.57 Å². The summed E-state index contributed by atoms with van der Waals surface area (Å²) >= 11 is 0. The minimum Gasteiger partial charge on any atom is -0.481 e. The second kappa shape index (κ2) is 14.4. The van der Waals surface area contributed by atoms with E-state index in [1.54, 1.807) is 13.8 Å². The Bertz CT molecular complexity index is 1710. The number of carbonyl (C=O) groups excluding carboxylic acids is 2. The van der Waals surface area contributed by atoms with Gasteiger partial charge < -0.3 is 20.1 Å². The number of hydrogen-bond acceptors (Lipinski definition) is 7. The van der Waals surface area contributed by atoms with Gasteiger partial charge in [-0.05, 0) is 116 Å². The Labute approximate surface area is 328 Å². The molecule has 0 aliphatic heterocycles. The van der Waals surface area contributed by atoms with Gasteiger partial charge in [-0.25, -0.2) is 0 Å². The Morgan fingerprint density at radius 1 is 0.891 bits per heavy atom. The van der Waals surface area contributed by atoms with E-state index in [0.29, 0.717) is 24.8 Å². The summed E-state index contributed by atoms with van der Waals surface area (Å²) in [5, 5.41) is 31.9. The predicted molar refractivity (Wildman–Crippen MR) is 211 cm³/mol. The smallest absolute Gasteiger partial charge is 0.317 e. The maximum Gasteiger partial charge on any atom is 0.317 e. The van der Waals surface area contributed by atoms with Gasteiger partial charge >= 0.3 is 17.9 Å². The van der Waals surface area contributed by atoms with Crippen LogP contribution >= 0.6 is 0 Å². The lowest BCUT2D eigenvalue weighted by molar-refractivity contribution is -0.235. The number of aliphatic hydroxyl groups excluding tert-OH is 1. The van der Waals surface area contributed by atoms with Crippen LogP contribution in [0, 0.1) is 56.2 Å². The van der Waals surface area contributed by atoms with Crippen LogP contribution in [-0.4, -0.2) is 69.2 Å². The number of hydrogen-bond donors (Lipinski definition) is 3. The normalized spacial score (nSPS) is 36.1. The Morgan fingerprint density at radius 2 is 1.56 bits per heavy atom. The van der Waals surface area contributed by atoms with Crippen molar-refractivity contribution in [3.05, 3.63) is 47.0 Å². The molecule has 4 saturated carbocycles. The second-order valence-corrected chi connectivity index (χ2v) is 20.6. The fraction of sp³-hybridized carbons (Fsp3) is 0.739. The van der Waals surface area contributed by atoms with Gasteiger partial charge in [-0.15, -0.1) is 0 Å². The largest absolute Gasteiger partial charge is 0.481 e. The molecule has 9 heteroatoms. The molecule has 0 unspecified atom stereocenters. The Morgan fingerprint density at radius 3 is 2.18 bits per heavy atom. The van der Waals surface area contributed by atoms with Crippen LogP contribution in [0.2, 0.25) is 0 Å². The zero-order valence-electron chi connectivity index (χ0n) is 34.9. The Balaban J connectivity index is 1.29. The van der Waals surface area contributed by atoms with E-state index in [0.717, 1.165) is 56.1 Å². The van der Waals surface area contributed by atoms with Crippen LogP contribution in [0.5, 0.6) is 0 Å². The lowest BCUT2D eigenvalue weighted by Gasteiger charge is -2.72. The number of ketones is 1. The molecule has 9 atom stereocenters. The van der Waals surface area contributed by atoms with Gasteiger partial charge in [-0.2, -0.15) is 0 Å². The summed E-state index contributed by atoms with van der Waals surface area (Å²) in [7, 11) is 0. The van der Waals surface area contributed by atoms with Crippen LogP contribution < -0.4 is 0 Å². The van der Waals surface area contributed by atoms with E-state index in [9.17, 15) is 34.5 Å². The molecule has 1 aromatic rings. The van der Waals surface area contributed by atoms with Crippen molar-refractivity contribution in [1.29, 1.82) is 0 Å². The van der Waals surface area contributed by atoms with Crippen LogP contribution in [-0.2, 0) is 30.5 Å². The zero-order valence-corrected chi connectivity index (χ0v) is 34.9. The van der Waals surface area contributed by atoms with Crippen LogP contribution in [0.15, 0.2) is 41.5 Å². The molecule has 0 spiro atoms. The standard InChI is InChI=1S/C46H67NO8/c1-28(2)38-31(48)23-46(34(49)26-47(27-36(50)51)25-29-13-11-10-12-14-29)22-21-44(8)30(39(38)46)15-16-33-43(7)19-18-35(55-37(52)24-41(3,4)40(53)54)42(5,6)32(43)17-20-45(33,44)9/h10-14,28,30,32-35,49H,15-27H2,1-9H3,(H,50,51)(H,53,54)/t30-,32+,33-,34-,35+,43+,44-,45-,46+/m1/s1. The first-order valence-corrected chi connectivity index (χ1v) is 20.9. The van der Waals surface area contributed by atoms with Crippen molar-refractivity contribution in [3.8, 4) is 0 Å². The van der Waals surface area contributed by atoms with Crippen molar-refractivity contribution < 1.29 is 39.2 Å². The average Bonchev–Trinajstić information content (AvgIpc) is 3.39. The summed E-state index contributed by atoms with van der Waals surface area (Å²) in [6.07, 6.45) is 6.23. The molecule has 0 radical (unpaired) electrons. The van der Waals surface area contributed by atoms with Gasteiger partial charge in [0.1, 0.15) is 6.10 Å². The molecule has 3 N–H and O–H groups in total. The first-order chi connectivity index (χ1) is 25.5. The van der Waals surface area contributed by atoms with Gasteiger partial charge in [0.25, 0.3) is 0 Å². The highest BCUT2D eigenvalue weighted by atomic mass is 16.5. The monoisotopic (exact) mass is 761 g/mol. The van der Waals surface area contributed by atoms with Crippen LogP contribution in [0.25, 0.3) is 0 Å². The van der Waals surface area contributed by atoms with Crippen molar-refractivity contribution in [2.24, 2.45) is 56.2 Å². The van der Waals surface area contributed by atoms with Crippen LogP contribution in [0.4, 0.5) is 0 Å². The van der Waals surface area contributed by atoms with E-state index in [4.69, 9.17) is 4.74 Å². The fourth-order valence-electron chi connectivity index (χ4n) is 13.5. The SMILES string of the molecule is CC(C)C1=C2[C@H]3CC[C@@H]4[C@@]5(C)CC[C@H](OC(=O)CC(C)(C)C(=O)O)C(C)(C)[C@@H]5CC[C@@]4(C)[C@]3(C)CC[C@@]2([C@H](O)CN(CC(=O)O)Cc2ccccc2)CC1=O. The molecule has 5 aliphatic carbocycles. The number of aliphatic carboxylic acids is 2. The number of esters is 1. The summed E-state index contributed by atoms with van der Waals surface area (Å²) in [4.78, 5) is 52.9. The number of aliphatic hydroxyl groups is 1. The average molecular weight is 762 g/mol. The van der Waals surface area contributed by atoms with E-state index in [2.05, 4.69) is 48.5 Å². The third kappa shape index (κ3) is 6.81. The number of ether oxygens (including phenoxy) is 1. The number of benzene rings is 1. The molecular weight excluding hydrogens is 695 g/mol. The lowest BCUT2D eigenvalue weighted by atomic mass is 9.33. The molecule has 5 aliphatic rings. The van der Waals surface area contributed by atoms with E-state index in [1.807, 2.05) is 35.2 Å². The molecule has 6 rings (SSSR count). The fourth-order valence-corrected chi connectivity index (χ4v) is 13.5. The Hall–Kier alpha value is -3.04. The first kappa shape index (κ1) is 41.6. The second-order valence-electron chi connectivity index (χ2n) is 20.6. The molecule has 0 heterocycles. The topological polar surface area (TPSA) is 141 Å². The molecular formula is C46H67NO8. The van der Waals surface area contributed by atoms with Gasteiger partial charge in [0.15, 0.2) is 5.78 Å². The number of carboxylic acids is 2. The first-order valence-electron chi connectivity index (χ1n) is 20.9. The molecule has 4 fully saturated rings. The number of carboxylic acid groups (broad SMARTS) is 2. The highest BCUT2D eigenvalue weighted by Crippen LogP contribution is 2.77. The summed E-state index contributed by atoms with van der Waals surface area (Å²) in [5.74, 6) is -1.32. The lowest BCUT2D eigenvalue weighted by Crippen LogP contribution is -2.66. The summed E-state index contributed by atoms with van der Waals surface area (Å²) in [5.41, 5.74) is 0.769. The third-order valence-corrected chi connectivity index (χ3v) is 16.5. The van der Waals surface area contributed by atoms with Crippen LogP contribution in [0.1, 0.15) is 132 Å². The summed E-state index contributed by atoms with van der Waals surface area (Å²) in [6.45, 7) is 19.7. The van der Waals surface area contributed by atoms with Crippen molar-refractivity contribution in [1.82, 2.24) is 4.90 Å². The molecule has 0 amide bonds. The molecule has 0 aromatic heterocycles. The minimum atomic E-state index is -1.19. The third-order valence-electron chi connectivity index (χ3n) is 16.5. The number of Topliss-reactive ketones (excluding diaryl/α,β-unsaturated/α-hetero) is 1. The highest BCUT2D eigenvalue weighted by Gasteiger charge is 2.71. The van der Waals surface area contributed by atoms with Crippen molar-refractivity contribution >= 4 is 23.7 Å². The van der Waals surface area contributed by atoms with Crippen LogP contribution in [0.3, 0.4) is 0 Å². The van der Waals surface area contributed by atoms with Crippen molar-refractivity contribution in [2.45, 2.75) is 145 Å². The molecule has 55 heavy (non-hydrogen) atoms. The quantitative estimate of drug-likeness (QED) is 0.179. The van der Waals surface area contributed by atoms with E-state index in [-0.39, 0.29) is 71.3 Å². The highest BCUT2D eigenvalue weighted by molar-refractivity contribution is 6.00. The van der Waals surface area contributed by atoms with E-state index < -0.39 is 34.8 Å². The molecule has 1 aromatic carbocycles. The van der Waals surface area contributed by atoms with Gasteiger partial charge in [0.2, 0.25) is 0 Å². The Kier molecular flexibility index (Phi) is 10.9. The minimum absolute atomic E-state index is 0.0112. The number of carbonyl (C=O) groups is 4. The van der Waals surface area contributed by atoms with Crippen molar-refractivity contribution in [3.63, 3.8) is 0 Å². The van der Waals surface area contributed by atoms with Gasteiger partial charge in [-0.3, -0.25) is 24.1 Å². The molecule has 9 nitrogen and oxygen atoms in total. The summed E-state index contributed by atoms with van der Waals surface area (Å²) < 4.78 is 6.16. The van der Waals surface area contributed by atoms with Gasteiger partial charge in [-0.1, -0.05) is 84.4 Å². The summed E-state index contributed by atoms with van der Waals surface area (Å²) in [6, 6.07) is 9.77. The number of nitrogens with zero attached hydrogens (tertiary/aromatic N) is 1. The molecule has 0 saturated heterocycles. The maximum absolute atomic E-state index is 14.2. The number of allylic oxidation sites excluding steroid dienone is 1. The van der Waals surface area contributed by atoms with Gasteiger partial charge in [0, 0.05) is 30.3 Å².